The van der Waals surface area contributed by atoms with Gasteiger partial charge in [0.25, 0.3) is 0 Å². The van der Waals surface area contributed by atoms with Gasteiger partial charge in [-0.25, -0.2) is 0 Å². The highest BCUT2D eigenvalue weighted by Gasteiger charge is 1.85. The molecule has 0 saturated carbocycles. The Hall–Kier alpha value is 0.0649. The number of rotatable bonds is 1. The quantitative estimate of drug-likeness (QED) is 0.432. The van der Waals surface area contributed by atoms with Gasteiger partial charge < -0.3 is 0 Å². The minimum Gasteiger partial charge on any atom is -0.105 e. The van der Waals surface area contributed by atoms with Crippen LogP contribution in [0, 0.1) is 0 Å². The molecule has 0 spiro atoms. The number of benzene rings is 1. The number of hydrogen-bond acceptors (Lipinski definition) is 1. The van der Waals surface area contributed by atoms with Crippen LogP contribution in [0.3, 0.4) is 0 Å². The summed E-state index contributed by atoms with van der Waals surface area (Å²) in [6, 6.07) is 7.78. The molecule has 0 bridgehead atoms. The minimum absolute atomic E-state index is 0.817. The third-order valence-corrected chi connectivity index (χ3v) is 2.38. The second-order valence-corrected chi connectivity index (χ2v) is 3.10. The van der Waals surface area contributed by atoms with Crippen molar-refractivity contribution in [3.8, 4) is 0 Å². The average Bonchev–Trinajstić information content (AvgIpc) is 1.90. The van der Waals surface area contributed by atoms with E-state index in [1.165, 1.54) is 4.90 Å². The summed E-state index contributed by atoms with van der Waals surface area (Å²) < 4.78 is 0. The Balaban J connectivity index is 2.88. The standard InChI is InChI=1S/C6H6BPS/c7-5-1-3-6(9-8)4-2-5/h1-4H,8H2. The van der Waals surface area contributed by atoms with Gasteiger partial charge in [-0.3, -0.25) is 0 Å². The molecule has 0 saturated heterocycles. The van der Waals surface area contributed by atoms with Crippen LogP contribution in [0.2, 0.25) is 0 Å². The maximum absolute atomic E-state index is 5.47. The zero-order chi connectivity index (χ0) is 6.69. The third-order valence-electron chi connectivity index (χ3n) is 1.02. The maximum atomic E-state index is 5.47. The zero-order valence-corrected chi connectivity index (χ0v) is 6.84. The second-order valence-electron chi connectivity index (χ2n) is 1.69. The first-order chi connectivity index (χ1) is 4.33. The van der Waals surface area contributed by atoms with E-state index in [1.807, 2.05) is 24.3 Å². The van der Waals surface area contributed by atoms with Gasteiger partial charge in [-0.05, 0) is 12.1 Å². The predicted octanol–water partition coefficient (Wildman–Crippen LogP) is 1.36. The van der Waals surface area contributed by atoms with Gasteiger partial charge in [0.15, 0.2) is 0 Å². The molecule has 0 heterocycles. The highest BCUT2D eigenvalue weighted by molar-refractivity contribution is 8.43. The molecule has 44 valence electrons. The van der Waals surface area contributed by atoms with Crippen molar-refractivity contribution in [2.24, 2.45) is 0 Å². The molecule has 0 N–H and O–H groups in total. The summed E-state index contributed by atoms with van der Waals surface area (Å²) >= 11 is 1.64. The van der Waals surface area contributed by atoms with Crippen molar-refractivity contribution < 1.29 is 0 Å². The topological polar surface area (TPSA) is 0 Å². The van der Waals surface area contributed by atoms with Crippen molar-refractivity contribution in [3.63, 3.8) is 0 Å². The Bertz CT molecular complexity index is 185. The third kappa shape index (κ3) is 2.04. The molecule has 1 unspecified atom stereocenters. The van der Waals surface area contributed by atoms with Crippen LogP contribution in [0.4, 0.5) is 0 Å². The molecule has 1 aromatic rings. The fourth-order valence-corrected chi connectivity index (χ4v) is 1.31. The van der Waals surface area contributed by atoms with Gasteiger partial charge in [-0.1, -0.05) is 26.0 Å². The lowest BCUT2D eigenvalue weighted by Crippen LogP contribution is -1.98. The Morgan fingerprint density at radius 2 is 1.78 bits per heavy atom. The van der Waals surface area contributed by atoms with Gasteiger partial charge in [0.05, 0.1) is 0 Å². The van der Waals surface area contributed by atoms with Crippen molar-refractivity contribution >= 4 is 33.1 Å². The molecule has 0 aromatic heterocycles. The van der Waals surface area contributed by atoms with E-state index in [2.05, 4.69) is 8.44 Å². The molecule has 9 heavy (non-hydrogen) atoms. The van der Waals surface area contributed by atoms with Crippen LogP contribution in [-0.2, 0) is 0 Å². The molecule has 3 heteroatoms. The molecule has 1 rings (SSSR count). The van der Waals surface area contributed by atoms with Gasteiger partial charge in [0.2, 0.25) is 0 Å². The molecule has 0 amide bonds. The smallest absolute Gasteiger partial charge is 0.105 e. The van der Waals surface area contributed by atoms with Gasteiger partial charge in [-0.2, -0.15) is 0 Å². The zero-order valence-electron chi connectivity index (χ0n) is 4.87. The highest BCUT2D eigenvalue weighted by atomic mass is 32.7. The van der Waals surface area contributed by atoms with Crippen molar-refractivity contribution in [2.75, 3.05) is 0 Å². The highest BCUT2D eigenvalue weighted by Crippen LogP contribution is 2.22. The lowest BCUT2D eigenvalue weighted by atomic mass is 9.97. The first-order valence-corrected chi connectivity index (χ1v) is 4.84. The average molecular weight is 152 g/mol. The first-order valence-electron chi connectivity index (χ1n) is 2.55. The summed E-state index contributed by atoms with van der Waals surface area (Å²) in [7, 11) is 8.05. The molecule has 0 aliphatic rings. The molecular formula is C6H6BPS. The summed E-state index contributed by atoms with van der Waals surface area (Å²) in [4.78, 5) is 1.22. The summed E-state index contributed by atoms with van der Waals surface area (Å²) in [6.07, 6.45) is 0. The van der Waals surface area contributed by atoms with E-state index in [0.717, 1.165) is 5.46 Å². The molecular weight excluding hydrogens is 146 g/mol. The molecule has 2 radical (unpaired) electrons. The maximum Gasteiger partial charge on any atom is 0.113 e. The Kier molecular flexibility index (Phi) is 2.62. The lowest BCUT2D eigenvalue weighted by Gasteiger charge is -1.94. The predicted molar refractivity (Wildman–Crippen MR) is 47.4 cm³/mol. The molecule has 0 nitrogen and oxygen atoms in total. The lowest BCUT2D eigenvalue weighted by molar-refractivity contribution is 1.50. The van der Waals surface area contributed by atoms with Crippen LogP contribution >= 0.6 is 19.8 Å². The summed E-state index contributed by atoms with van der Waals surface area (Å²) in [5, 5.41) is 0. The van der Waals surface area contributed by atoms with Crippen LogP contribution in [0.15, 0.2) is 29.2 Å². The molecule has 0 aliphatic heterocycles. The van der Waals surface area contributed by atoms with Crippen LogP contribution in [0.5, 0.6) is 0 Å². The van der Waals surface area contributed by atoms with Gasteiger partial charge in [0.1, 0.15) is 7.85 Å². The van der Waals surface area contributed by atoms with Gasteiger partial charge >= 0.3 is 0 Å². The van der Waals surface area contributed by atoms with E-state index in [-0.39, 0.29) is 0 Å². The van der Waals surface area contributed by atoms with E-state index < -0.39 is 0 Å². The summed E-state index contributed by atoms with van der Waals surface area (Å²) in [5.74, 6) is 0. The van der Waals surface area contributed by atoms with Crippen LogP contribution in [-0.4, -0.2) is 7.85 Å². The van der Waals surface area contributed by atoms with Crippen molar-refractivity contribution in [1.29, 1.82) is 0 Å². The molecule has 0 aliphatic carbocycles. The van der Waals surface area contributed by atoms with Crippen molar-refractivity contribution in [1.82, 2.24) is 0 Å². The van der Waals surface area contributed by atoms with Gasteiger partial charge in [0, 0.05) is 4.90 Å². The first kappa shape index (κ1) is 7.18. The minimum atomic E-state index is 0.817. The van der Waals surface area contributed by atoms with Crippen molar-refractivity contribution in [2.45, 2.75) is 4.90 Å². The van der Waals surface area contributed by atoms with Crippen LogP contribution in [0.25, 0.3) is 0 Å². The van der Waals surface area contributed by atoms with Crippen molar-refractivity contribution in [3.05, 3.63) is 24.3 Å². The fourth-order valence-electron chi connectivity index (χ4n) is 0.546. The SMILES string of the molecule is [B]c1ccc(SP)cc1. The van der Waals surface area contributed by atoms with Crippen LogP contribution in [0.1, 0.15) is 0 Å². The van der Waals surface area contributed by atoms with E-state index >= 15 is 0 Å². The Morgan fingerprint density at radius 3 is 2.22 bits per heavy atom. The summed E-state index contributed by atoms with van der Waals surface area (Å²) in [5.41, 5.74) is 0.817. The van der Waals surface area contributed by atoms with Crippen LogP contribution < -0.4 is 5.46 Å². The van der Waals surface area contributed by atoms with Gasteiger partial charge in [-0.15, -0.1) is 11.4 Å². The van der Waals surface area contributed by atoms with E-state index in [4.69, 9.17) is 7.85 Å². The van der Waals surface area contributed by atoms with E-state index in [0.29, 0.717) is 0 Å². The Labute approximate surface area is 62.8 Å². The fraction of sp³-hybridized carbons (Fsp3) is 0. The molecule has 1 aromatic carbocycles. The summed E-state index contributed by atoms with van der Waals surface area (Å²) in [6.45, 7) is 0. The number of hydrogen-bond donors (Lipinski definition) is 0. The Morgan fingerprint density at radius 1 is 1.22 bits per heavy atom. The molecule has 0 fully saturated rings. The largest absolute Gasteiger partial charge is 0.113 e. The monoisotopic (exact) mass is 152 g/mol. The van der Waals surface area contributed by atoms with E-state index in [1.54, 1.807) is 11.4 Å². The normalized spacial score (nSPS) is 9.44. The van der Waals surface area contributed by atoms with E-state index in [9.17, 15) is 0 Å². The molecule has 1 atom stereocenters. The second kappa shape index (κ2) is 3.29.